The summed E-state index contributed by atoms with van der Waals surface area (Å²) in [5, 5.41) is 0. The second-order valence-electron chi connectivity index (χ2n) is 5.97. The van der Waals surface area contributed by atoms with Crippen molar-refractivity contribution >= 4 is 15.9 Å². The summed E-state index contributed by atoms with van der Waals surface area (Å²) in [6, 6.07) is 0.154. The van der Waals surface area contributed by atoms with E-state index < -0.39 is 10.0 Å². The van der Waals surface area contributed by atoms with E-state index in [4.69, 9.17) is 5.73 Å². The van der Waals surface area contributed by atoms with Crippen LogP contribution in [0.1, 0.15) is 45.4 Å². The molecule has 3 N–H and O–H groups in total. The molecule has 7 heteroatoms. The number of nitrogens with one attached hydrogen (secondary N) is 1. The van der Waals surface area contributed by atoms with Crippen molar-refractivity contribution in [2.45, 2.75) is 51.5 Å². The Morgan fingerprint density at radius 1 is 1.43 bits per heavy atom. The first-order chi connectivity index (χ1) is 9.85. The minimum Gasteiger partial charge on any atom is -0.339 e. The molecule has 0 aromatic heterocycles. The molecular weight excluding hydrogens is 290 g/mol. The van der Waals surface area contributed by atoms with Crippen molar-refractivity contribution in [3.8, 4) is 0 Å². The summed E-state index contributed by atoms with van der Waals surface area (Å²) < 4.78 is 24.7. The Morgan fingerprint density at radius 3 is 2.76 bits per heavy atom. The van der Waals surface area contributed by atoms with Crippen molar-refractivity contribution in [2.24, 2.45) is 11.7 Å². The molecule has 1 amide bonds. The molecule has 0 bridgehead atoms. The molecule has 1 fully saturated rings. The second-order valence-corrected chi connectivity index (χ2v) is 7.80. The lowest BCUT2D eigenvalue weighted by Gasteiger charge is -2.37. The molecule has 1 aliphatic heterocycles. The van der Waals surface area contributed by atoms with Crippen LogP contribution >= 0.6 is 0 Å². The van der Waals surface area contributed by atoms with E-state index in [2.05, 4.69) is 4.72 Å². The maximum absolute atomic E-state index is 12.5. The van der Waals surface area contributed by atoms with Gasteiger partial charge in [0.25, 0.3) is 0 Å². The van der Waals surface area contributed by atoms with Crippen LogP contribution in [-0.4, -0.2) is 51.2 Å². The SMILES string of the molecule is CC(CCCN)C(=O)N1CCCCC1CCNS(C)(=O)=O. The summed E-state index contributed by atoms with van der Waals surface area (Å²) in [7, 11) is -3.16. The van der Waals surface area contributed by atoms with Gasteiger partial charge in [0.2, 0.25) is 15.9 Å². The molecule has 2 unspecified atom stereocenters. The fourth-order valence-electron chi connectivity index (χ4n) is 2.83. The summed E-state index contributed by atoms with van der Waals surface area (Å²) in [4.78, 5) is 14.5. The molecule has 0 radical (unpaired) electrons. The van der Waals surface area contributed by atoms with Gasteiger partial charge in [-0.05, 0) is 45.1 Å². The average molecular weight is 319 g/mol. The van der Waals surface area contributed by atoms with Gasteiger partial charge < -0.3 is 10.6 Å². The van der Waals surface area contributed by atoms with Crippen LogP contribution in [0.2, 0.25) is 0 Å². The molecule has 0 aromatic carbocycles. The van der Waals surface area contributed by atoms with Crippen molar-refractivity contribution < 1.29 is 13.2 Å². The Labute approximate surface area is 128 Å². The van der Waals surface area contributed by atoms with Crippen molar-refractivity contribution in [1.82, 2.24) is 9.62 Å². The third kappa shape index (κ3) is 6.76. The highest BCUT2D eigenvalue weighted by atomic mass is 32.2. The van der Waals surface area contributed by atoms with Crippen molar-refractivity contribution in [3.05, 3.63) is 0 Å². The molecular formula is C14H29N3O3S. The zero-order valence-electron chi connectivity index (χ0n) is 13.2. The topological polar surface area (TPSA) is 92.5 Å². The summed E-state index contributed by atoms with van der Waals surface area (Å²) in [6.07, 6.45) is 6.62. The first-order valence-corrected chi connectivity index (χ1v) is 9.69. The van der Waals surface area contributed by atoms with Gasteiger partial charge in [-0.25, -0.2) is 13.1 Å². The molecule has 1 aliphatic rings. The lowest BCUT2D eigenvalue weighted by atomic mass is 9.96. The highest BCUT2D eigenvalue weighted by Crippen LogP contribution is 2.22. The van der Waals surface area contributed by atoms with Crippen LogP contribution < -0.4 is 10.5 Å². The van der Waals surface area contributed by atoms with Crippen LogP contribution in [0.25, 0.3) is 0 Å². The van der Waals surface area contributed by atoms with E-state index >= 15 is 0 Å². The largest absolute Gasteiger partial charge is 0.339 e. The number of hydrogen-bond acceptors (Lipinski definition) is 4. The third-order valence-electron chi connectivity index (χ3n) is 4.01. The summed E-state index contributed by atoms with van der Waals surface area (Å²) in [5.41, 5.74) is 5.50. The fraction of sp³-hybridized carbons (Fsp3) is 0.929. The molecule has 0 aliphatic carbocycles. The van der Waals surface area contributed by atoms with Gasteiger partial charge in [-0.3, -0.25) is 4.79 Å². The van der Waals surface area contributed by atoms with E-state index in [1.807, 2.05) is 11.8 Å². The van der Waals surface area contributed by atoms with Gasteiger partial charge in [-0.15, -0.1) is 0 Å². The number of rotatable bonds is 8. The first-order valence-electron chi connectivity index (χ1n) is 7.80. The monoisotopic (exact) mass is 319 g/mol. The first kappa shape index (κ1) is 18.4. The molecule has 1 saturated heterocycles. The molecule has 124 valence electrons. The van der Waals surface area contributed by atoms with E-state index in [1.54, 1.807) is 0 Å². The molecule has 21 heavy (non-hydrogen) atoms. The van der Waals surface area contributed by atoms with E-state index in [0.717, 1.165) is 44.9 Å². The maximum Gasteiger partial charge on any atom is 0.225 e. The van der Waals surface area contributed by atoms with Gasteiger partial charge in [-0.1, -0.05) is 6.92 Å². The van der Waals surface area contributed by atoms with Gasteiger partial charge in [0.1, 0.15) is 0 Å². The number of hydrogen-bond donors (Lipinski definition) is 2. The number of carbonyl (C=O) groups excluding carboxylic acids is 1. The fourth-order valence-corrected chi connectivity index (χ4v) is 3.32. The average Bonchev–Trinajstić information content (AvgIpc) is 2.43. The van der Waals surface area contributed by atoms with Gasteiger partial charge in [0, 0.05) is 25.0 Å². The smallest absolute Gasteiger partial charge is 0.225 e. The van der Waals surface area contributed by atoms with Crippen LogP contribution in [0.4, 0.5) is 0 Å². The Morgan fingerprint density at radius 2 is 2.14 bits per heavy atom. The van der Waals surface area contributed by atoms with Crippen LogP contribution in [0.15, 0.2) is 0 Å². The summed E-state index contributed by atoms with van der Waals surface area (Å²) in [6.45, 7) is 3.75. The molecule has 1 heterocycles. The number of likely N-dealkylation sites (tertiary alicyclic amines) is 1. The minimum atomic E-state index is -3.16. The molecule has 1 rings (SSSR count). The van der Waals surface area contributed by atoms with Gasteiger partial charge >= 0.3 is 0 Å². The van der Waals surface area contributed by atoms with E-state index in [-0.39, 0.29) is 17.9 Å². The van der Waals surface area contributed by atoms with E-state index in [0.29, 0.717) is 19.5 Å². The van der Waals surface area contributed by atoms with Crippen molar-refractivity contribution in [1.29, 1.82) is 0 Å². The highest BCUT2D eigenvalue weighted by Gasteiger charge is 2.29. The second kappa shape index (κ2) is 8.70. The molecule has 0 spiro atoms. The predicted molar refractivity (Wildman–Crippen MR) is 84.3 cm³/mol. The Hall–Kier alpha value is -0.660. The summed E-state index contributed by atoms with van der Waals surface area (Å²) >= 11 is 0. The van der Waals surface area contributed by atoms with Crippen molar-refractivity contribution in [3.63, 3.8) is 0 Å². The predicted octanol–water partition coefficient (Wildman–Crippen LogP) is 0.682. The highest BCUT2D eigenvalue weighted by molar-refractivity contribution is 7.88. The molecule has 6 nitrogen and oxygen atoms in total. The third-order valence-corrected chi connectivity index (χ3v) is 4.74. The number of piperidine rings is 1. The number of carbonyl (C=O) groups is 1. The quantitative estimate of drug-likeness (QED) is 0.688. The molecule has 2 atom stereocenters. The lowest BCUT2D eigenvalue weighted by Crippen LogP contribution is -2.47. The number of amides is 1. The van der Waals surface area contributed by atoms with Crippen molar-refractivity contribution in [2.75, 3.05) is 25.9 Å². The number of nitrogens with two attached hydrogens (primary N) is 1. The molecule has 0 saturated carbocycles. The lowest BCUT2D eigenvalue weighted by molar-refractivity contribution is -0.139. The summed E-state index contributed by atoms with van der Waals surface area (Å²) in [5.74, 6) is 0.185. The van der Waals surface area contributed by atoms with Gasteiger partial charge in [-0.2, -0.15) is 0 Å². The zero-order chi connectivity index (χ0) is 15.9. The van der Waals surface area contributed by atoms with Crippen LogP contribution in [0.5, 0.6) is 0 Å². The Balaban J connectivity index is 2.53. The number of nitrogens with zero attached hydrogens (tertiary/aromatic N) is 1. The van der Waals surface area contributed by atoms with E-state index in [9.17, 15) is 13.2 Å². The Kier molecular flexibility index (Phi) is 7.62. The zero-order valence-corrected chi connectivity index (χ0v) is 14.0. The van der Waals surface area contributed by atoms with Gasteiger partial charge in [0.05, 0.1) is 6.26 Å². The van der Waals surface area contributed by atoms with Crippen LogP contribution in [0, 0.1) is 5.92 Å². The van der Waals surface area contributed by atoms with Crippen LogP contribution in [0.3, 0.4) is 0 Å². The maximum atomic E-state index is 12.5. The van der Waals surface area contributed by atoms with E-state index in [1.165, 1.54) is 0 Å². The minimum absolute atomic E-state index is 0.00276. The number of sulfonamides is 1. The molecule has 0 aromatic rings. The van der Waals surface area contributed by atoms with Gasteiger partial charge in [0.15, 0.2) is 0 Å². The van der Waals surface area contributed by atoms with Crippen LogP contribution in [-0.2, 0) is 14.8 Å². The Bertz CT molecular complexity index is 425. The normalized spacial score (nSPS) is 21.3. The standard InChI is InChI=1S/C14H29N3O3S/c1-12(6-5-9-15)14(18)17-11-4-3-7-13(17)8-10-16-21(2,19)20/h12-13,16H,3-11,15H2,1-2H3.